The van der Waals surface area contributed by atoms with Crippen LogP contribution in [0.25, 0.3) is 0 Å². The zero-order chi connectivity index (χ0) is 7.56. The van der Waals surface area contributed by atoms with Gasteiger partial charge < -0.3 is 4.90 Å². The third-order valence-electron chi connectivity index (χ3n) is 1.53. The van der Waals surface area contributed by atoms with Gasteiger partial charge in [0.1, 0.15) is 0 Å². The number of hydrogen-bond acceptors (Lipinski definition) is 2. The molecule has 0 N–H and O–H groups in total. The van der Waals surface area contributed by atoms with Gasteiger partial charge >= 0.3 is 0 Å². The Morgan fingerprint density at radius 1 is 1.70 bits per heavy atom. The van der Waals surface area contributed by atoms with Crippen molar-refractivity contribution in [1.29, 1.82) is 0 Å². The third kappa shape index (κ3) is 1.65. The molecule has 10 heavy (non-hydrogen) atoms. The highest BCUT2D eigenvalue weighted by Gasteiger charge is 2.16. The van der Waals surface area contributed by atoms with Gasteiger partial charge in [-0.1, -0.05) is 0 Å². The molecule has 0 unspecified atom stereocenters. The van der Waals surface area contributed by atoms with Crippen molar-refractivity contribution in [1.82, 2.24) is 4.90 Å². The van der Waals surface area contributed by atoms with E-state index in [2.05, 4.69) is 4.99 Å². The Morgan fingerprint density at radius 2 is 2.40 bits per heavy atom. The van der Waals surface area contributed by atoms with Gasteiger partial charge in [0.05, 0.1) is 18.9 Å². The smallest absolute Gasteiger partial charge is 0.255 e. The van der Waals surface area contributed by atoms with Gasteiger partial charge in [-0.15, -0.1) is 0 Å². The summed E-state index contributed by atoms with van der Waals surface area (Å²) in [5.41, 5.74) is 0. The first kappa shape index (κ1) is 7.44. The van der Waals surface area contributed by atoms with Crippen molar-refractivity contribution in [2.75, 3.05) is 19.6 Å². The van der Waals surface area contributed by atoms with Crippen molar-refractivity contribution in [3.8, 4) is 0 Å². The Balaban J connectivity index is 2.35. The zero-order valence-electron chi connectivity index (χ0n) is 5.85. The summed E-state index contributed by atoms with van der Waals surface area (Å²) < 4.78 is 23.5. The fraction of sp³-hybridized carbons (Fsp3) is 0.833. The molecule has 0 saturated carbocycles. The second-order valence-corrected chi connectivity index (χ2v) is 2.27. The SMILES string of the molecule is CC1=NCCN1CC(F)F. The van der Waals surface area contributed by atoms with Crippen molar-refractivity contribution in [2.45, 2.75) is 13.3 Å². The first-order chi connectivity index (χ1) is 4.70. The molecule has 1 aliphatic rings. The fourth-order valence-corrected chi connectivity index (χ4v) is 0.984. The normalized spacial score (nSPS) is 18.4. The third-order valence-corrected chi connectivity index (χ3v) is 1.53. The molecule has 0 aromatic rings. The van der Waals surface area contributed by atoms with Gasteiger partial charge in [-0.25, -0.2) is 8.78 Å². The summed E-state index contributed by atoms with van der Waals surface area (Å²) in [7, 11) is 0. The molecule has 1 aliphatic heterocycles. The molecule has 0 saturated heterocycles. The summed E-state index contributed by atoms with van der Waals surface area (Å²) in [6.45, 7) is 2.90. The van der Waals surface area contributed by atoms with E-state index in [1.807, 2.05) is 0 Å². The summed E-state index contributed by atoms with van der Waals surface area (Å²) >= 11 is 0. The van der Waals surface area contributed by atoms with E-state index >= 15 is 0 Å². The van der Waals surface area contributed by atoms with Crippen LogP contribution in [0.15, 0.2) is 4.99 Å². The second kappa shape index (κ2) is 2.94. The molecule has 0 bridgehead atoms. The summed E-state index contributed by atoms with van der Waals surface area (Å²) in [6.07, 6.45) is -2.25. The van der Waals surface area contributed by atoms with Crippen LogP contribution < -0.4 is 0 Å². The maximum absolute atomic E-state index is 11.8. The average molecular weight is 148 g/mol. The van der Waals surface area contributed by atoms with Gasteiger partial charge in [0.2, 0.25) is 0 Å². The fourth-order valence-electron chi connectivity index (χ4n) is 0.984. The lowest BCUT2D eigenvalue weighted by molar-refractivity contribution is 0.119. The van der Waals surface area contributed by atoms with Crippen LogP contribution in [0.4, 0.5) is 8.78 Å². The standard InChI is InChI=1S/C6H10F2N2/c1-5-9-2-3-10(5)4-6(7)8/h6H,2-4H2,1H3. The van der Waals surface area contributed by atoms with Gasteiger partial charge in [-0.3, -0.25) is 4.99 Å². The van der Waals surface area contributed by atoms with Gasteiger partial charge in [0.15, 0.2) is 0 Å². The minimum Gasteiger partial charge on any atom is -0.353 e. The zero-order valence-corrected chi connectivity index (χ0v) is 5.85. The van der Waals surface area contributed by atoms with Crippen molar-refractivity contribution >= 4 is 5.84 Å². The lowest BCUT2D eigenvalue weighted by Crippen LogP contribution is -2.30. The van der Waals surface area contributed by atoms with Crippen LogP contribution in [0.3, 0.4) is 0 Å². The minimum atomic E-state index is -2.25. The number of nitrogens with zero attached hydrogens (tertiary/aromatic N) is 2. The van der Waals surface area contributed by atoms with E-state index in [0.717, 1.165) is 5.84 Å². The molecule has 0 aromatic carbocycles. The summed E-state index contributed by atoms with van der Waals surface area (Å²) in [6, 6.07) is 0. The molecule has 2 nitrogen and oxygen atoms in total. The maximum Gasteiger partial charge on any atom is 0.255 e. The van der Waals surface area contributed by atoms with Crippen molar-refractivity contribution in [3.63, 3.8) is 0 Å². The molecule has 0 aromatic heterocycles. The molecule has 4 heteroatoms. The predicted octanol–water partition coefficient (Wildman–Crippen LogP) is 0.986. The first-order valence-electron chi connectivity index (χ1n) is 3.24. The number of rotatable bonds is 2. The topological polar surface area (TPSA) is 15.6 Å². The van der Waals surface area contributed by atoms with Gasteiger partial charge in [0.25, 0.3) is 6.43 Å². The van der Waals surface area contributed by atoms with Gasteiger partial charge in [-0.05, 0) is 6.92 Å². The lowest BCUT2D eigenvalue weighted by atomic mass is 10.5. The van der Waals surface area contributed by atoms with Gasteiger partial charge in [-0.2, -0.15) is 0 Å². The summed E-state index contributed by atoms with van der Waals surface area (Å²) in [5, 5.41) is 0. The average Bonchev–Trinajstić information content (AvgIpc) is 2.15. The van der Waals surface area contributed by atoms with Gasteiger partial charge in [0, 0.05) is 6.54 Å². The quantitative estimate of drug-likeness (QED) is 0.570. The molecule has 1 heterocycles. The van der Waals surface area contributed by atoms with Crippen LogP contribution in [-0.2, 0) is 0 Å². The lowest BCUT2D eigenvalue weighted by Gasteiger charge is -2.16. The van der Waals surface area contributed by atoms with Crippen LogP contribution in [0.2, 0.25) is 0 Å². The van der Waals surface area contributed by atoms with Crippen LogP contribution in [0, 0.1) is 0 Å². The Labute approximate surface area is 58.5 Å². The van der Waals surface area contributed by atoms with Crippen molar-refractivity contribution in [3.05, 3.63) is 0 Å². The number of hydrogen-bond donors (Lipinski definition) is 0. The Hall–Kier alpha value is -0.670. The Bertz CT molecular complexity index is 145. The molecule has 0 amide bonds. The van der Waals surface area contributed by atoms with Crippen LogP contribution in [0.5, 0.6) is 0 Å². The molecule has 0 fully saturated rings. The number of alkyl halides is 2. The molecular formula is C6H10F2N2. The highest BCUT2D eigenvalue weighted by atomic mass is 19.3. The number of amidine groups is 1. The monoisotopic (exact) mass is 148 g/mol. The highest BCUT2D eigenvalue weighted by Crippen LogP contribution is 2.04. The van der Waals surface area contributed by atoms with Crippen LogP contribution >= 0.6 is 0 Å². The van der Waals surface area contributed by atoms with E-state index < -0.39 is 6.43 Å². The molecular weight excluding hydrogens is 138 g/mol. The minimum absolute atomic E-state index is 0.171. The number of halogens is 2. The summed E-state index contributed by atoms with van der Waals surface area (Å²) in [4.78, 5) is 5.58. The van der Waals surface area contributed by atoms with Crippen molar-refractivity contribution in [2.24, 2.45) is 4.99 Å². The Kier molecular flexibility index (Phi) is 2.19. The van der Waals surface area contributed by atoms with Crippen LogP contribution in [-0.4, -0.2) is 36.8 Å². The molecule has 0 atom stereocenters. The molecule has 1 rings (SSSR count). The summed E-state index contributed by atoms with van der Waals surface area (Å²) in [5.74, 6) is 0.736. The molecule has 58 valence electrons. The Morgan fingerprint density at radius 3 is 2.80 bits per heavy atom. The second-order valence-electron chi connectivity index (χ2n) is 2.27. The van der Waals surface area contributed by atoms with E-state index in [1.165, 1.54) is 0 Å². The maximum atomic E-state index is 11.8. The molecule has 0 spiro atoms. The predicted molar refractivity (Wildman–Crippen MR) is 35.6 cm³/mol. The van der Waals surface area contributed by atoms with E-state index in [1.54, 1.807) is 11.8 Å². The van der Waals surface area contributed by atoms with Crippen LogP contribution in [0.1, 0.15) is 6.92 Å². The molecule has 0 radical (unpaired) electrons. The largest absolute Gasteiger partial charge is 0.353 e. The van der Waals surface area contributed by atoms with E-state index in [-0.39, 0.29) is 6.54 Å². The van der Waals surface area contributed by atoms with E-state index in [4.69, 9.17) is 0 Å². The highest BCUT2D eigenvalue weighted by molar-refractivity contribution is 5.81. The van der Waals surface area contributed by atoms with Crippen molar-refractivity contribution < 1.29 is 8.78 Å². The first-order valence-corrected chi connectivity index (χ1v) is 3.24. The number of aliphatic imine (C=N–C) groups is 1. The van der Waals surface area contributed by atoms with E-state index in [0.29, 0.717) is 13.1 Å². The van der Waals surface area contributed by atoms with E-state index in [9.17, 15) is 8.78 Å². The molecule has 0 aliphatic carbocycles.